The van der Waals surface area contributed by atoms with Crippen LogP contribution in [0.15, 0.2) is 67.3 Å². The number of hydrogen-bond acceptors (Lipinski definition) is 26. The number of nitrogens with zero attached hydrogens (tertiary/aromatic N) is 2. The molecular formula is C82H128N28O19S. The quantitative estimate of drug-likeness (QED) is 0.0111. The van der Waals surface area contributed by atoms with E-state index in [1.807, 2.05) is 20.1 Å². The lowest BCUT2D eigenvalue weighted by Gasteiger charge is -2.30. The number of guanidine groups is 1. The van der Waals surface area contributed by atoms with Crippen molar-refractivity contribution >= 4 is 135 Å². The Morgan fingerprint density at radius 2 is 1.06 bits per heavy atom. The minimum Gasteiger partial charge on any atom is -0.508 e. The van der Waals surface area contributed by atoms with Gasteiger partial charge in [-0.05, 0) is 111 Å². The molecule has 0 bridgehead atoms. The van der Waals surface area contributed by atoms with E-state index in [0.29, 0.717) is 66.1 Å². The van der Waals surface area contributed by atoms with Crippen LogP contribution in [0, 0.1) is 23.2 Å². The van der Waals surface area contributed by atoms with Gasteiger partial charge in [-0.1, -0.05) is 58.0 Å². The molecule has 0 spiro atoms. The smallest absolute Gasteiger partial charge is 0.243 e. The van der Waals surface area contributed by atoms with Gasteiger partial charge in [0.2, 0.25) is 106 Å². The Hall–Kier alpha value is -13.1. The van der Waals surface area contributed by atoms with Crippen LogP contribution >= 0.6 is 11.8 Å². The van der Waals surface area contributed by atoms with E-state index in [0.717, 1.165) is 0 Å². The van der Waals surface area contributed by atoms with Crippen molar-refractivity contribution < 1.29 is 91.4 Å². The first-order valence-corrected chi connectivity index (χ1v) is 44.1. The maximum atomic E-state index is 14.7. The van der Waals surface area contributed by atoms with Gasteiger partial charge in [0.15, 0.2) is 5.96 Å². The molecule has 1 saturated heterocycles. The number of rotatable bonds is 60. The number of amides is 18. The first-order valence-electron chi connectivity index (χ1n) is 42.7. The summed E-state index contributed by atoms with van der Waals surface area (Å²) in [6, 6.07) is -5.49. The van der Waals surface area contributed by atoms with Crippen LogP contribution in [0.3, 0.4) is 0 Å². The summed E-state index contributed by atoms with van der Waals surface area (Å²) in [4.78, 5) is 260. The molecule has 0 unspecified atom stereocenters. The Kier molecular flexibility index (Phi) is 46.0. The number of carbonyl (C=O) groups excluding carboxylic acids is 18. The number of aromatic amines is 2. The third kappa shape index (κ3) is 37.7. The number of H-pyrrole nitrogens is 2. The molecule has 5 rings (SSSR count). The average molecular weight is 1840 g/mol. The lowest BCUT2D eigenvalue weighted by atomic mass is 10.0. The van der Waals surface area contributed by atoms with Gasteiger partial charge in [-0.3, -0.25) is 91.7 Å². The van der Waals surface area contributed by atoms with Crippen LogP contribution in [0.5, 0.6) is 5.75 Å². The predicted molar refractivity (Wildman–Crippen MR) is 477 cm³/mol. The van der Waals surface area contributed by atoms with Gasteiger partial charge in [0, 0.05) is 113 Å². The summed E-state index contributed by atoms with van der Waals surface area (Å²) >= 11 is 1.43. The van der Waals surface area contributed by atoms with E-state index in [-0.39, 0.29) is 102 Å². The largest absolute Gasteiger partial charge is 0.508 e. The Morgan fingerprint density at radius 1 is 0.538 bits per heavy atom. The normalized spacial score (nSPS) is 14.9. The van der Waals surface area contributed by atoms with Crippen molar-refractivity contribution in [1.82, 2.24) is 105 Å². The molecule has 716 valence electrons. The summed E-state index contributed by atoms with van der Waals surface area (Å²) in [5.41, 5.74) is 40.9. The van der Waals surface area contributed by atoms with Gasteiger partial charge in [-0.25, -0.2) is 4.98 Å². The SMILES string of the molecule is CSCC[C@H](NC(=O)[C@H](CC(C)C)NC(=O)[C@H](Cc1cnc[nH]1)NC(=O)CNC(=O)[C@@H](NC(=O)[C@H](C)NC(=O)[C@H](Cc1c[nH]c2ccccc12)NC(=O)[C@H](CCC(N)=O)NC(=O)[C@H](CC(N)=O)NC(=O)CNC(=O)[C@H](Cc1ccc(O)cc1)NC(=O)[C@H](CCCNC(=N)N)NC(=O)[C@H](CCC(N)=O)NC(=O)[C@@H]1CCCN1C(=O)C(CNCCN)CNCCN)C(C)C)C(N)=O. The number of likely N-dealkylation sites (tertiary alicyclic amines) is 1. The summed E-state index contributed by atoms with van der Waals surface area (Å²) in [6.45, 7) is 8.24. The number of para-hydroxylation sites is 1. The van der Waals surface area contributed by atoms with E-state index < -0.39 is 229 Å². The van der Waals surface area contributed by atoms with Gasteiger partial charge < -0.3 is 145 Å². The predicted octanol–water partition coefficient (Wildman–Crippen LogP) is -8.48. The molecule has 1 fully saturated rings. The van der Waals surface area contributed by atoms with Gasteiger partial charge >= 0.3 is 0 Å². The zero-order valence-corrected chi connectivity index (χ0v) is 74.6. The topological polar surface area (TPSA) is 774 Å². The summed E-state index contributed by atoms with van der Waals surface area (Å²) in [5.74, 6) is -18.4. The van der Waals surface area contributed by atoms with Crippen molar-refractivity contribution in [2.45, 2.75) is 197 Å². The molecule has 12 atom stereocenters. The van der Waals surface area contributed by atoms with E-state index in [9.17, 15) is 91.4 Å². The third-order valence-corrected chi connectivity index (χ3v) is 21.4. The number of aromatic nitrogens is 3. The van der Waals surface area contributed by atoms with Crippen LogP contribution in [-0.4, -0.2) is 287 Å². The summed E-state index contributed by atoms with van der Waals surface area (Å²) < 4.78 is 0. The number of hydrogen-bond donors (Lipinski definition) is 27. The van der Waals surface area contributed by atoms with E-state index in [1.54, 1.807) is 44.3 Å². The fourth-order valence-electron chi connectivity index (χ4n) is 13.9. The van der Waals surface area contributed by atoms with Crippen molar-refractivity contribution in [2.75, 3.05) is 77.5 Å². The van der Waals surface area contributed by atoms with E-state index in [1.165, 1.54) is 60.4 Å². The lowest BCUT2D eigenvalue weighted by Crippen LogP contribution is -2.60. The molecule has 1 aliphatic heterocycles. The van der Waals surface area contributed by atoms with E-state index >= 15 is 0 Å². The number of benzene rings is 2. The minimum absolute atomic E-state index is 0.0212. The van der Waals surface area contributed by atoms with Crippen LogP contribution in [0.1, 0.15) is 122 Å². The van der Waals surface area contributed by atoms with Gasteiger partial charge in [0.1, 0.15) is 78.3 Å². The Labute approximate surface area is 755 Å². The monoisotopic (exact) mass is 1840 g/mol. The van der Waals surface area contributed by atoms with Crippen LogP contribution in [0.4, 0.5) is 0 Å². The molecule has 2 aromatic carbocycles. The summed E-state index contributed by atoms with van der Waals surface area (Å²) in [6.07, 6.45) is 3.07. The summed E-state index contributed by atoms with van der Waals surface area (Å²) in [5, 5.41) is 60.0. The molecule has 47 nitrogen and oxygen atoms in total. The maximum Gasteiger partial charge on any atom is 0.243 e. The lowest BCUT2D eigenvalue weighted by molar-refractivity contribution is -0.142. The molecule has 0 radical (unpaired) electrons. The third-order valence-electron chi connectivity index (χ3n) is 20.7. The Bertz CT molecular complexity index is 4510. The summed E-state index contributed by atoms with van der Waals surface area (Å²) in [7, 11) is 0. The Balaban J connectivity index is 1.33. The molecule has 130 heavy (non-hydrogen) atoms. The molecule has 0 aliphatic carbocycles. The maximum absolute atomic E-state index is 14.7. The molecule has 34 N–H and O–H groups in total. The second-order valence-electron chi connectivity index (χ2n) is 32.1. The Morgan fingerprint density at radius 3 is 1.62 bits per heavy atom. The van der Waals surface area contributed by atoms with Crippen LogP contribution in [0.25, 0.3) is 10.9 Å². The molecule has 18 amide bonds. The van der Waals surface area contributed by atoms with Crippen molar-refractivity contribution in [3.05, 3.63) is 84.1 Å². The second kappa shape index (κ2) is 55.6. The highest BCUT2D eigenvalue weighted by Crippen LogP contribution is 2.23. The number of phenols is 1. The zero-order chi connectivity index (χ0) is 96.3. The standard InChI is InChI=1S/C82H128N28O19S/c1-43(2)31-57(76(124)102-53(69(88)117)23-30-130-6)106-77(125)60(34-49-39-93-42-98-49)100-67(116)41-97-80(128)68(44(3)4)109-70(118)45(5)99-75(123)59(33-47-38-95-52-12-8-7-11-51(47)52)108-74(122)55(19-21-63(85)112)104-78(126)61(35-65(87)114)101-66(115)40-96-71(119)58(32-46-15-17-50(111)18-16-46)107-72(120)54(13-9-26-94-82(89)90)103-73(121)56(20-22-64(86)113)105-79(127)62-14-10-29-110(62)81(129)48(36-91-27-24-83)37-92-28-25-84/h7-8,11-12,15-18,38-39,42-45,48,53-62,68,91-92,95,111H,9-10,13-14,19-37,40-41,83-84H2,1-6H3,(H2,85,112)(H2,86,113)(H2,87,114)(H2,88,117)(H,93,98)(H,96,119)(H,97,128)(H,99,123)(H,100,116)(H,101,115)(H,102,124)(H,103,121)(H,104,126)(H,105,127)(H,106,125)(H,107,120)(H,108,122)(H,109,118)(H4,89,90,94)/t45-,53-,54-,55-,56-,57-,58-,59-,60-,61-,62-,68-/m0/s1. The van der Waals surface area contributed by atoms with Crippen LogP contribution in [0.2, 0.25) is 0 Å². The van der Waals surface area contributed by atoms with Crippen molar-refractivity contribution in [1.29, 1.82) is 5.41 Å². The molecule has 2 aromatic heterocycles. The number of primary amides is 4. The number of aromatic hydroxyl groups is 1. The molecule has 3 heterocycles. The zero-order valence-electron chi connectivity index (χ0n) is 73.8. The van der Waals surface area contributed by atoms with Gasteiger partial charge in [0.05, 0.1) is 31.8 Å². The van der Waals surface area contributed by atoms with Crippen molar-refractivity contribution in [2.24, 2.45) is 57.9 Å². The second-order valence-corrected chi connectivity index (χ2v) is 33.1. The highest BCUT2D eigenvalue weighted by atomic mass is 32.2. The van der Waals surface area contributed by atoms with E-state index in [4.69, 9.17) is 45.5 Å². The highest BCUT2D eigenvalue weighted by molar-refractivity contribution is 7.98. The van der Waals surface area contributed by atoms with Crippen molar-refractivity contribution in [3.8, 4) is 5.75 Å². The van der Waals surface area contributed by atoms with E-state index in [2.05, 4.69) is 100 Å². The molecular weight excluding hydrogens is 1710 g/mol. The van der Waals surface area contributed by atoms with Crippen molar-refractivity contribution in [3.63, 3.8) is 0 Å². The van der Waals surface area contributed by atoms with Crippen LogP contribution in [-0.2, 0) is 106 Å². The molecule has 1 aliphatic rings. The highest BCUT2D eigenvalue weighted by Gasteiger charge is 2.41. The van der Waals surface area contributed by atoms with Crippen LogP contribution < -0.4 is 125 Å². The fourth-order valence-corrected chi connectivity index (χ4v) is 14.3. The number of nitrogens with two attached hydrogens (primary N) is 7. The first-order chi connectivity index (χ1) is 61.7. The number of phenolic OH excluding ortho intramolecular Hbond substituents is 1. The van der Waals surface area contributed by atoms with Gasteiger partial charge in [-0.15, -0.1) is 0 Å². The number of imidazole rings is 1. The average Bonchev–Trinajstić information content (AvgIpc) is 1.67. The molecule has 0 saturated carbocycles. The fraction of sp³-hybridized carbons (Fsp3) is 0.561. The number of thioether (sulfide) groups is 1. The number of fused-ring (bicyclic) bond motifs is 1. The first kappa shape index (κ1) is 107. The molecule has 48 heteroatoms. The number of nitrogens with one attached hydrogen (secondary N) is 19. The van der Waals surface area contributed by atoms with Gasteiger partial charge in [-0.2, -0.15) is 11.8 Å². The molecule has 4 aromatic rings. The number of carbonyl (C=O) groups is 18. The minimum atomic E-state index is -1.95. The van der Waals surface area contributed by atoms with Gasteiger partial charge in [0.25, 0.3) is 0 Å².